The molecule has 0 spiro atoms. The number of rotatable bonds is 5. The Kier molecular flexibility index (Phi) is 5.40. The highest BCUT2D eigenvalue weighted by atomic mass is 35.5. The number of benzene rings is 2. The van der Waals surface area contributed by atoms with Gasteiger partial charge in [0.1, 0.15) is 5.69 Å². The Morgan fingerprint density at radius 1 is 0.967 bits per heavy atom. The van der Waals surface area contributed by atoms with E-state index in [1.807, 2.05) is 18.2 Å². The first kappa shape index (κ1) is 19.5. The molecular weight excluding hydrogens is 396 g/mol. The van der Waals surface area contributed by atoms with Gasteiger partial charge in [0.15, 0.2) is 0 Å². The molecule has 0 bridgehead atoms. The highest BCUT2D eigenvalue weighted by molar-refractivity contribution is 6.30. The Bertz CT molecular complexity index is 1070. The Labute approximate surface area is 182 Å². The number of hydrogen-bond donors (Lipinski definition) is 1. The zero-order valence-corrected chi connectivity index (χ0v) is 17.9. The van der Waals surface area contributed by atoms with Gasteiger partial charge < -0.3 is 14.8 Å². The van der Waals surface area contributed by atoms with E-state index < -0.39 is 0 Å². The normalized spacial score (nSPS) is 17.2. The molecule has 2 aromatic carbocycles. The van der Waals surface area contributed by atoms with E-state index in [1.54, 1.807) is 0 Å². The number of aryl methyl sites for hydroxylation is 1. The highest BCUT2D eigenvalue weighted by Gasteiger charge is 2.25. The fraction of sp³-hybridized carbons (Fsp3) is 0.375. The number of carbonyl (C=O) groups is 1. The van der Waals surface area contributed by atoms with Crippen LogP contribution in [0.3, 0.4) is 0 Å². The number of piperazine rings is 1. The van der Waals surface area contributed by atoms with Crippen molar-refractivity contribution in [2.45, 2.75) is 19.4 Å². The summed E-state index contributed by atoms with van der Waals surface area (Å²) in [5.74, 6) is 0.0718. The summed E-state index contributed by atoms with van der Waals surface area (Å²) in [5.41, 5.74) is 4.47. The predicted octanol–water partition coefficient (Wildman–Crippen LogP) is 3.79. The van der Waals surface area contributed by atoms with Crippen molar-refractivity contribution in [1.82, 2.24) is 14.8 Å². The Morgan fingerprint density at radius 3 is 2.63 bits per heavy atom. The third-order valence-corrected chi connectivity index (χ3v) is 6.59. The molecule has 5 rings (SSSR count). The molecule has 1 saturated heterocycles. The molecule has 1 aromatic heterocycles. The van der Waals surface area contributed by atoms with Crippen molar-refractivity contribution in [2.75, 3.05) is 44.2 Å². The smallest absolute Gasteiger partial charge is 0.268 e. The summed E-state index contributed by atoms with van der Waals surface area (Å²) in [5, 5.41) is 5.05. The average Bonchev–Trinajstić information content (AvgIpc) is 3.10. The quantitative estimate of drug-likeness (QED) is 0.680. The van der Waals surface area contributed by atoms with Crippen LogP contribution in [0, 0.1) is 0 Å². The monoisotopic (exact) mass is 422 g/mol. The number of fused-ring (bicyclic) bond motifs is 3. The van der Waals surface area contributed by atoms with E-state index >= 15 is 0 Å². The van der Waals surface area contributed by atoms with Crippen LogP contribution in [-0.4, -0.2) is 54.6 Å². The van der Waals surface area contributed by atoms with Crippen molar-refractivity contribution < 1.29 is 4.79 Å². The van der Waals surface area contributed by atoms with Crippen LogP contribution >= 0.6 is 11.6 Å². The van der Waals surface area contributed by atoms with Crippen LogP contribution in [0.2, 0.25) is 5.02 Å². The van der Waals surface area contributed by atoms with Crippen LogP contribution in [0.1, 0.15) is 22.5 Å². The third-order valence-electron chi connectivity index (χ3n) is 6.35. The first-order valence-electron chi connectivity index (χ1n) is 10.8. The molecule has 0 saturated carbocycles. The molecule has 0 atom stereocenters. The van der Waals surface area contributed by atoms with Crippen molar-refractivity contribution in [3.63, 3.8) is 0 Å². The fourth-order valence-corrected chi connectivity index (χ4v) is 5.04. The Balaban J connectivity index is 1.23. The van der Waals surface area contributed by atoms with Crippen LogP contribution in [0.4, 0.5) is 5.69 Å². The number of para-hydroxylation sites is 1. The molecule has 0 unspecified atom stereocenters. The predicted molar refractivity (Wildman–Crippen MR) is 123 cm³/mol. The summed E-state index contributed by atoms with van der Waals surface area (Å²) in [6.45, 7) is 6.80. The number of halogens is 1. The van der Waals surface area contributed by atoms with Gasteiger partial charge in [-0.25, -0.2) is 0 Å². The molecule has 2 aliphatic rings. The van der Waals surface area contributed by atoms with Crippen molar-refractivity contribution in [3.05, 3.63) is 64.8 Å². The maximum absolute atomic E-state index is 12.6. The lowest BCUT2D eigenvalue weighted by Gasteiger charge is -2.36. The Hall–Kier alpha value is -2.50. The Morgan fingerprint density at radius 2 is 1.80 bits per heavy atom. The van der Waals surface area contributed by atoms with Gasteiger partial charge in [0.2, 0.25) is 0 Å². The molecule has 5 nitrogen and oxygen atoms in total. The zero-order chi connectivity index (χ0) is 20.5. The number of nitrogens with zero attached hydrogens (tertiary/aromatic N) is 3. The molecule has 0 radical (unpaired) electrons. The van der Waals surface area contributed by atoms with Crippen molar-refractivity contribution in [3.8, 4) is 0 Å². The number of aromatic nitrogens is 1. The molecule has 1 fully saturated rings. The van der Waals surface area contributed by atoms with Crippen molar-refractivity contribution in [1.29, 1.82) is 0 Å². The van der Waals surface area contributed by atoms with Crippen LogP contribution < -0.4 is 10.2 Å². The van der Waals surface area contributed by atoms with E-state index in [0.717, 1.165) is 69.4 Å². The number of hydrogen-bond acceptors (Lipinski definition) is 3. The molecule has 156 valence electrons. The summed E-state index contributed by atoms with van der Waals surface area (Å²) in [6, 6.07) is 16.5. The van der Waals surface area contributed by atoms with E-state index in [2.05, 4.69) is 50.0 Å². The van der Waals surface area contributed by atoms with Gasteiger partial charge in [0, 0.05) is 60.9 Å². The van der Waals surface area contributed by atoms with Gasteiger partial charge in [-0.2, -0.15) is 0 Å². The summed E-state index contributed by atoms with van der Waals surface area (Å²) in [4.78, 5) is 17.5. The molecule has 3 aromatic rings. The lowest BCUT2D eigenvalue weighted by molar-refractivity contribution is 0.0936. The van der Waals surface area contributed by atoms with E-state index in [0.29, 0.717) is 0 Å². The van der Waals surface area contributed by atoms with E-state index in [4.69, 9.17) is 11.6 Å². The minimum absolute atomic E-state index is 0.0718. The summed E-state index contributed by atoms with van der Waals surface area (Å²) >= 11 is 6.14. The minimum atomic E-state index is 0.0718. The number of nitrogens with one attached hydrogen (secondary N) is 1. The molecule has 3 heterocycles. The maximum Gasteiger partial charge on any atom is 0.268 e. The molecule has 6 heteroatoms. The summed E-state index contributed by atoms with van der Waals surface area (Å²) in [6.07, 6.45) is 1.95. The average molecular weight is 423 g/mol. The third kappa shape index (κ3) is 3.68. The standard InChI is InChI=1S/C24H27ClN4O/c25-18-5-3-6-19(17-18)28-15-13-27(14-16-28)11-4-12-29-22-8-2-1-7-20(22)21-9-10-26-24(30)23(21)29/h1-3,5-8,17H,4,9-16H2,(H,26,30). The maximum atomic E-state index is 12.6. The highest BCUT2D eigenvalue weighted by Crippen LogP contribution is 2.29. The first-order chi connectivity index (χ1) is 14.7. The van der Waals surface area contributed by atoms with Crippen LogP contribution in [0.15, 0.2) is 48.5 Å². The minimum Gasteiger partial charge on any atom is -0.369 e. The van der Waals surface area contributed by atoms with E-state index in [-0.39, 0.29) is 5.91 Å². The van der Waals surface area contributed by atoms with Crippen LogP contribution in [-0.2, 0) is 13.0 Å². The lowest BCUT2D eigenvalue weighted by Crippen LogP contribution is -2.46. The summed E-state index contributed by atoms with van der Waals surface area (Å²) in [7, 11) is 0. The number of anilines is 1. The van der Waals surface area contributed by atoms with Gasteiger partial charge in [0.25, 0.3) is 5.91 Å². The summed E-state index contributed by atoms with van der Waals surface area (Å²) < 4.78 is 2.24. The SMILES string of the molecule is O=C1NCCc2c1n(CCCN1CCN(c3cccc(Cl)c3)CC1)c1ccccc21. The van der Waals surface area contributed by atoms with Gasteiger partial charge in [-0.05, 0) is 49.2 Å². The van der Waals surface area contributed by atoms with Gasteiger partial charge in [0.05, 0.1) is 0 Å². The fourth-order valence-electron chi connectivity index (χ4n) is 4.86. The van der Waals surface area contributed by atoms with E-state index in [9.17, 15) is 4.79 Å². The second-order valence-corrected chi connectivity index (χ2v) is 8.60. The topological polar surface area (TPSA) is 40.5 Å². The second kappa shape index (κ2) is 8.32. The molecule has 1 N–H and O–H groups in total. The van der Waals surface area contributed by atoms with Gasteiger partial charge in [-0.3, -0.25) is 9.69 Å². The molecule has 30 heavy (non-hydrogen) atoms. The number of carbonyl (C=O) groups excluding carboxylic acids is 1. The number of amides is 1. The van der Waals surface area contributed by atoms with E-state index in [1.165, 1.54) is 22.2 Å². The molecule has 2 aliphatic heterocycles. The first-order valence-corrected chi connectivity index (χ1v) is 11.2. The lowest BCUT2D eigenvalue weighted by atomic mass is 10.0. The zero-order valence-electron chi connectivity index (χ0n) is 17.1. The van der Waals surface area contributed by atoms with Gasteiger partial charge in [-0.1, -0.05) is 35.9 Å². The van der Waals surface area contributed by atoms with Crippen molar-refractivity contribution >= 4 is 34.1 Å². The van der Waals surface area contributed by atoms with Crippen LogP contribution in [0.25, 0.3) is 10.9 Å². The van der Waals surface area contributed by atoms with Gasteiger partial charge >= 0.3 is 0 Å². The molecule has 0 aliphatic carbocycles. The van der Waals surface area contributed by atoms with Gasteiger partial charge in [-0.15, -0.1) is 0 Å². The largest absolute Gasteiger partial charge is 0.369 e. The molecular formula is C24H27ClN4O. The molecule has 1 amide bonds. The van der Waals surface area contributed by atoms with Crippen molar-refractivity contribution in [2.24, 2.45) is 0 Å². The van der Waals surface area contributed by atoms with Crippen LogP contribution in [0.5, 0.6) is 0 Å². The second-order valence-electron chi connectivity index (χ2n) is 8.16.